The van der Waals surface area contributed by atoms with Gasteiger partial charge in [0.05, 0.1) is 12.0 Å². The van der Waals surface area contributed by atoms with Crippen LogP contribution in [0.5, 0.6) is 0 Å². The Labute approximate surface area is 184 Å². The summed E-state index contributed by atoms with van der Waals surface area (Å²) in [5.74, 6) is 0.694. The van der Waals surface area contributed by atoms with E-state index in [0.717, 1.165) is 30.0 Å². The van der Waals surface area contributed by atoms with Crippen LogP contribution in [-0.4, -0.2) is 41.3 Å². The number of nitrogens with zero attached hydrogens (tertiary/aromatic N) is 3. The molecule has 1 aromatic heterocycles. The highest BCUT2D eigenvalue weighted by molar-refractivity contribution is 5.89. The van der Waals surface area contributed by atoms with Crippen LogP contribution in [0.2, 0.25) is 0 Å². The van der Waals surface area contributed by atoms with Gasteiger partial charge in [0, 0.05) is 38.8 Å². The molecular formula is C25H32N4O2. The van der Waals surface area contributed by atoms with Crippen molar-refractivity contribution in [2.75, 3.05) is 24.5 Å². The number of hydrogen-bond acceptors (Lipinski definition) is 4. The van der Waals surface area contributed by atoms with Crippen LogP contribution < -0.4 is 10.2 Å². The molecule has 2 aliphatic rings. The zero-order valence-corrected chi connectivity index (χ0v) is 18.3. The molecule has 31 heavy (non-hydrogen) atoms. The number of aromatic nitrogens is 1. The third-order valence-electron chi connectivity index (χ3n) is 6.48. The maximum atomic E-state index is 12.7. The highest BCUT2D eigenvalue weighted by Gasteiger charge is 2.36. The van der Waals surface area contributed by atoms with Gasteiger partial charge in [-0.15, -0.1) is 0 Å². The Morgan fingerprint density at radius 3 is 2.52 bits per heavy atom. The van der Waals surface area contributed by atoms with Crippen molar-refractivity contribution < 1.29 is 9.59 Å². The molecule has 0 saturated carbocycles. The lowest BCUT2D eigenvalue weighted by Crippen LogP contribution is -2.33. The van der Waals surface area contributed by atoms with Gasteiger partial charge in [-0.1, -0.05) is 49.2 Å². The molecule has 6 nitrogen and oxygen atoms in total. The Morgan fingerprint density at radius 1 is 1.10 bits per heavy atom. The van der Waals surface area contributed by atoms with Gasteiger partial charge in [-0.2, -0.15) is 0 Å². The van der Waals surface area contributed by atoms with E-state index in [1.807, 2.05) is 54.4 Å². The first-order chi connectivity index (χ1) is 15.1. The fourth-order valence-electron chi connectivity index (χ4n) is 4.53. The monoisotopic (exact) mass is 420 g/mol. The molecular weight excluding hydrogens is 388 g/mol. The number of nitrogens with one attached hydrogen (secondary N) is 1. The highest BCUT2D eigenvalue weighted by Crippen LogP contribution is 2.28. The molecule has 1 N–H and O–H groups in total. The number of anilines is 1. The Hall–Kier alpha value is -2.89. The summed E-state index contributed by atoms with van der Waals surface area (Å²) in [5.41, 5.74) is 2.07. The summed E-state index contributed by atoms with van der Waals surface area (Å²) in [6.45, 7) is 5.05. The number of amides is 2. The van der Waals surface area contributed by atoms with E-state index in [0.29, 0.717) is 13.1 Å². The van der Waals surface area contributed by atoms with Crippen molar-refractivity contribution in [2.24, 2.45) is 5.92 Å². The summed E-state index contributed by atoms with van der Waals surface area (Å²) in [4.78, 5) is 34.0. The molecule has 2 saturated heterocycles. The molecule has 0 bridgehead atoms. The van der Waals surface area contributed by atoms with Crippen molar-refractivity contribution in [2.45, 2.75) is 51.6 Å². The molecule has 2 amide bonds. The number of likely N-dealkylation sites (tertiary alicyclic amines) is 1. The molecule has 0 unspecified atom stereocenters. The number of rotatable bonds is 6. The van der Waals surface area contributed by atoms with Crippen LogP contribution in [0.3, 0.4) is 0 Å². The highest BCUT2D eigenvalue weighted by atomic mass is 16.2. The second-order valence-corrected chi connectivity index (χ2v) is 8.68. The van der Waals surface area contributed by atoms with Crippen LogP contribution in [-0.2, 0) is 16.1 Å². The lowest BCUT2D eigenvalue weighted by Gasteiger charge is -2.25. The average Bonchev–Trinajstić information content (AvgIpc) is 3.00. The van der Waals surface area contributed by atoms with Gasteiger partial charge in [-0.25, -0.2) is 4.98 Å². The van der Waals surface area contributed by atoms with E-state index in [4.69, 9.17) is 0 Å². The molecule has 2 aliphatic heterocycles. The normalized spacial score (nSPS) is 20.4. The molecule has 2 aromatic rings. The predicted molar refractivity (Wildman–Crippen MR) is 121 cm³/mol. The maximum absolute atomic E-state index is 12.7. The van der Waals surface area contributed by atoms with Gasteiger partial charge in [0.1, 0.15) is 5.82 Å². The van der Waals surface area contributed by atoms with Crippen LogP contribution in [0.4, 0.5) is 5.82 Å². The summed E-state index contributed by atoms with van der Waals surface area (Å²) in [6.07, 6.45) is 7.16. The standard InChI is InChI=1S/C25H32N4O2/c1-19(21-9-5-4-6-10-21)29-18-22(15-24(29)30)25(31)27-17-20-11-12-23(26-16-20)28-13-7-2-3-8-14-28/h4-6,9-12,16,19,22H,2-3,7-8,13-15,17-18H2,1H3,(H,27,31)/t19-,22+/m1/s1. The smallest absolute Gasteiger partial charge is 0.225 e. The lowest BCUT2D eigenvalue weighted by atomic mass is 10.1. The third kappa shape index (κ3) is 5.24. The fourth-order valence-corrected chi connectivity index (χ4v) is 4.53. The van der Waals surface area contributed by atoms with Crippen molar-refractivity contribution in [3.63, 3.8) is 0 Å². The minimum absolute atomic E-state index is 0.0257. The van der Waals surface area contributed by atoms with E-state index >= 15 is 0 Å². The largest absolute Gasteiger partial charge is 0.357 e. The average molecular weight is 421 g/mol. The Morgan fingerprint density at radius 2 is 1.84 bits per heavy atom. The topological polar surface area (TPSA) is 65.5 Å². The minimum atomic E-state index is -0.303. The Balaban J connectivity index is 1.29. The molecule has 1 aromatic carbocycles. The first-order valence-corrected chi connectivity index (χ1v) is 11.4. The summed E-state index contributed by atoms with van der Waals surface area (Å²) >= 11 is 0. The minimum Gasteiger partial charge on any atom is -0.357 e. The molecule has 6 heteroatoms. The zero-order valence-electron chi connectivity index (χ0n) is 18.3. The first kappa shape index (κ1) is 21.3. The Kier molecular flexibility index (Phi) is 6.85. The molecule has 164 valence electrons. The van der Waals surface area contributed by atoms with Crippen molar-refractivity contribution in [1.29, 1.82) is 0 Å². The molecule has 0 aliphatic carbocycles. The number of pyridine rings is 1. The summed E-state index contributed by atoms with van der Waals surface area (Å²) < 4.78 is 0. The first-order valence-electron chi connectivity index (χ1n) is 11.4. The predicted octanol–water partition coefficient (Wildman–Crippen LogP) is 3.69. The van der Waals surface area contributed by atoms with Crippen LogP contribution in [0, 0.1) is 5.92 Å². The molecule has 0 spiro atoms. The molecule has 2 atom stereocenters. The van der Waals surface area contributed by atoms with Crippen LogP contribution >= 0.6 is 0 Å². The summed E-state index contributed by atoms with van der Waals surface area (Å²) in [5, 5.41) is 3.00. The van der Waals surface area contributed by atoms with E-state index in [2.05, 4.69) is 21.3 Å². The van der Waals surface area contributed by atoms with Gasteiger partial charge in [-0.05, 0) is 37.0 Å². The number of hydrogen-bond donors (Lipinski definition) is 1. The SMILES string of the molecule is C[C@H](c1ccccc1)N1C[C@@H](C(=O)NCc2ccc(N3CCCCCC3)nc2)CC1=O. The zero-order chi connectivity index (χ0) is 21.6. The van der Waals surface area contributed by atoms with Crippen LogP contribution in [0.15, 0.2) is 48.7 Å². The summed E-state index contributed by atoms with van der Waals surface area (Å²) in [7, 11) is 0. The Bertz CT molecular complexity index is 876. The number of benzene rings is 1. The van der Waals surface area contributed by atoms with E-state index < -0.39 is 0 Å². The van der Waals surface area contributed by atoms with Gasteiger partial charge in [0.15, 0.2) is 0 Å². The van der Waals surface area contributed by atoms with E-state index in [9.17, 15) is 9.59 Å². The van der Waals surface area contributed by atoms with Gasteiger partial charge < -0.3 is 15.1 Å². The lowest BCUT2D eigenvalue weighted by molar-refractivity contribution is -0.130. The van der Waals surface area contributed by atoms with Gasteiger partial charge in [0.25, 0.3) is 0 Å². The second-order valence-electron chi connectivity index (χ2n) is 8.68. The van der Waals surface area contributed by atoms with Gasteiger partial charge in [-0.3, -0.25) is 9.59 Å². The second kappa shape index (κ2) is 9.94. The van der Waals surface area contributed by atoms with Crippen LogP contribution in [0.1, 0.15) is 56.2 Å². The van der Waals surface area contributed by atoms with E-state index in [1.54, 1.807) is 0 Å². The van der Waals surface area contributed by atoms with Crippen LogP contribution in [0.25, 0.3) is 0 Å². The molecule has 2 fully saturated rings. The quantitative estimate of drug-likeness (QED) is 0.774. The van der Waals surface area contributed by atoms with Crippen molar-refractivity contribution in [3.8, 4) is 0 Å². The van der Waals surface area contributed by atoms with Crippen molar-refractivity contribution >= 4 is 17.6 Å². The molecule has 4 rings (SSSR count). The van der Waals surface area contributed by atoms with Crippen molar-refractivity contribution in [1.82, 2.24) is 15.2 Å². The number of carbonyl (C=O) groups is 2. The summed E-state index contributed by atoms with van der Waals surface area (Å²) in [6, 6.07) is 14.0. The van der Waals surface area contributed by atoms with Crippen molar-refractivity contribution in [3.05, 3.63) is 59.8 Å². The van der Waals surface area contributed by atoms with E-state index in [1.165, 1.54) is 25.7 Å². The molecule has 3 heterocycles. The third-order valence-corrected chi connectivity index (χ3v) is 6.48. The van der Waals surface area contributed by atoms with E-state index in [-0.39, 0.29) is 30.2 Å². The fraction of sp³-hybridized carbons (Fsp3) is 0.480. The molecule has 0 radical (unpaired) electrons. The van der Waals surface area contributed by atoms with Gasteiger partial charge in [0.2, 0.25) is 11.8 Å². The maximum Gasteiger partial charge on any atom is 0.225 e. The van der Waals surface area contributed by atoms with Gasteiger partial charge >= 0.3 is 0 Å². The number of carbonyl (C=O) groups excluding carboxylic acids is 2.